The van der Waals surface area contributed by atoms with Crippen molar-refractivity contribution in [1.82, 2.24) is 4.31 Å². The zero-order valence-electron chi connectivity index (χ0n) is 11.4. The molecule has 2 rings (SSSR count). The molecule has 7 nitrogen and oxygen atoms in total. The molecule has 1 unspecified atom stereocenters. The number of ether oxygens (including phenoxy) is 1. The Balaban J connectivity index is 2.39. The summed E-state index contributed by atoms with van der Waals surface area (Å²) in [5, 5.41) is 10.8. The van der Waals surface area contributed by atoms with Crippen LogP contribution in [0.15, 0.2) is 23.1 Å². The largest absolute Gasteiger partial charge is 0.380 e. The monoisotopic (exact) mass is 334 g/mol. The third-order valence-corrected chi connectivity index (χ3v) is 5.76. The van der Waals surface area contributed by atoms with Crippen LogP contribution in [-0.2, 0) is 14.8 Å². The minimum atomic E-state index is -3.87. The molecule has 1 saturated heterocycles. The highest BCUT2D eigenvalue weighted by Gasteiger charge is 2.32. The van der Waals surface area contributed by atoms with E-state index in [1.165, 1.54) is 23.5 Å². The molecule has 0 spiro atoms. The van der Waals surface area contributed by atoms with Crippen molar-refractivity contribution in [3.8, 4) is 0 Å². The van der Waals surface area contributed by atoms with Crippen LogP contribution in [0.4, 0.5) is 5.69 Å². The molecule has 1 atom stereocenters. The summed E-state index contributed by atoms with van der Waals surface area (Å²) in [6.45, 7) is 0.569. The number of hydrogen-bond acceptors (Lipinski definition) is 5. The number of rotatable bonds is 4. The summed E-state index contributed by atoms with van der Waals surface area (Å²) in [6, 6.07) is 3.40. The van der Waals surface area contributed by atoms with Crippen molar-refractivity contribution in [2.75, 3.05) is 20.2 Å². The summed E-state index contributed by atoms with van der Waals surface area (Å²) in [5.74, 6) is 0. The first kappa shape index (κ1) is 16.2. The molecule has 116 valence electrons. The van der Waals surface area contributed by atoms with E-state index in [-0.39, 0.29) is 28.3 Å². The van der Waals surface area contributed by atoms with Crippen molar-refractivity contribution in [3.63, 3.8) is 0 Å². The van der Waals surface area contributed by atoms with Crippen molar-refractivity contribution in [3.05, 3.63) is 33.3 Å². The van der Waals surface area contributed by atoms with Gasteiger partial charge in [0.05, 0.1) is 16.0 Å². The van der Waals surface area contributed by atoms with E-state index in [1.807, 2.05) is 0 Å². The van der Waals surface area contributed by atoms with Gasteiger partial charge in [0.1, 0.15) is 4.90 Å². The second-order valence-electron chi connectivity index (χ2n) is 4.73. The number of hydrogen-bond donors (Lipinski definition) is 0. The molecule has 0 amide bonds. The third-order valence-electron chi connectivity index (χ3n) is 3.42. The molecule has 1 fully saturated rings. The predicted octanol–water partition coefficient (Wildman–Crippen LogP) is 2.05. The SMILES string of the molecule is COC1CCCN(S(=O)(=O)c2cc([N+](=O)[O-])ccc2Cl)C1. The van der Waals surface area contributed by atoms with E-state index in [0.29, 0.717) is 13.0 Å². The molecule has 1 aromatic rings. The summed E-state index contributed by atoms with van der Waals surface area (Å²) in [5.41, 5.74) is -0.307. The minimum Gasteiger partial charge on any atom is -0.380 e. The first-order chi connectivity index (χ1) is 9.86. The molecule has 0 N–H and O–H groups in total. The first-order valence-corrected chi connectivity index (χ1v) is 8.15. The smallest absolute Gasteiger partial charge is 0.270 e. The lowest BCUT2D eigenvalue weighted by Gasteiger charge is -2.31. The van der Waals surface area contributed by atoms with Crippen molar-refractivity contribution in [2.24, 2.45) is 0 Å². The predicted molar refractivity (Wildman–Crippen MR) is 76.9 cm³/mol. The Hall–Kier alpha value is -1.22. The molecule has 0 saturated carbocycles. The van der Waals surface area contributed by atoms with Gasteiger partial charge < -0.3 is 4.74 Å². The van der Waals surface area contributed by atoms with E-state index in [2.05, 4.69) is 0 Å². The van der Waals surface area contributed by atoms with Gasteiger partial charge >= 0.3 is 0 Å². The summed E-state index contributed by atoms with van der Waals surface area (Å²) in [6.07, 6.45) is 1.28. The van der Waals surface area contributed by atoms with Gasteiger partial charge in [0, 0.05) is 32.3 Å². The van der Waals surface area contributed by atoms with Gasteiger partial charge in [0.15, 0.2) is 0 Å². The summed E-state index contributed by atoms with van der Waals surface area (Å²) in [7, 11) is -2.35. The molecule has 1 aliphatic heterocycles. The number of piperidine rings is 1. The first-order valence-electron chi connectivity index (χ1n) is 6.33. The maximum atomic E-state index is 12.6. The average molecular weight is 335 g/mol. The van der Waals surface area contributed by atoms with Crippen LogP contribution in [0.3, 0.4) is 0 Å². The quantitative estimate of drug-likeness (QED) is 0.621. The van der Waals surface area contributed by atoms with E-state index in [1.54, 1.807) is 0 Å². The number of methoxy groups -OCH3 is 1. The second kappa shape index (κ2) is 6.27. The Kier molecular flexibility index (Phi) is 4.82. The summed E-state index contributed by atoms with van der Waals surface area (Å²) >= 11 is 5.92. The number of nitro groups is 1. The molecule has 21 heavy (non-hydrogen) atoms. The van der Waals surface area contributed by atoms with Gasteiger partial charge in [0.2, 0.25) is 10.0 Å². The number of nitro benzene ring substituents is 1. The van der Waals surface area contributed by atoms with Crippen LogP contribution in [0, 0.1) is 10.1 Å². The zero-order valence-corrected chi connectivity index (χ0v) is 12.9. The van der Waals surface area contributed by atoms with Crippen LogP contribution < -0.4 is 0 Å². The fourth-order valence-corrected chi connectivity index (χ4v) is 4.26. The highest BCUT2D eigenvalue weighted by molar-refractivity contribution is 7.89. The van der Waals surface area contributed by atoms with Crippen molar-refractivity contribution in [2.45, 2.75) is 23.8 Å². The molecule has 0 radical (unpaired) electrons. The van der Waals surface area contributed by atoms with Gasteiger partial charge in [-0.15, -0.1) is 0 Å². The fourth-order valence-electron chi connectivity index (χ4n) is 2.26. The molecule has 1 aromatic carbocycles. The van der Waals surface area contributed by atoms with Crippen molar-refractivity contribution in [1.29, 1.82) is 0 Å². The van der Waals surface area contributed by atoms with Gasteiger partial charge in [-0.3, -0.25) is 10.1 Å². The van der Waals surface area contributed by atoms with E-state index in [4.69, 9.17) is 16.3 Å². The second-order valence-corrected chi connectivity index (χ2v) is 7.05. The highest BCUT2D eigenvalue weighted by Crippen LogP contribution is 2.30. The highest BCUT2D eigenvalue weighted by atomic mass is 35.5. The minimum absolute atomic E-state index is 0.0276. The molecular weight excluding hydrogens is 320 g/mol. The maximum absolute atomic E-state index is 12.6. The van der Waals surface area contributed by atoms with Gasteiger partial charge in [-0.25, -0.2) is 8.42 Å². The third kappa shape index (κ3) is 3.34. The Bertz CT molecular complexity index is 649. The number of non-ortho nitro benzene ring substituents is 1. The molecule has 1 aliphatic rings. The fraction of sp³-hybridized carbons (Fsp3) is 0.500. The normalized spacial score (nSPS) is 20.4. The van der Waals surface area contributed by atoms with Crippen LogP contribution in [0.2, 0.25) is 5.02 Å². The maximum Gasteiger partial charge on any atom is 0.270 e. The summed E-state index contributed by atoms with van der Waals surface area (Å²) < 4.78 is 31.7. The number of halogens is 1. The lowest BCUT2D eigenvalue weighted by molar-refractivity contribution is -0.385. The molecule has 0 aromatic heterocycles. The van der Waals surface area contributed by atoms with Crippen molar-refractivity contribution < 1.29 is 18.1 Å². The Morgan fingerprint density at radius 2 is 2.19 bits per heavy atom. The van der Waals surface area contributed by atoms with E-state index >= 15 is 0 Å². The number of benzene rings is 1. The average Bonchev–Trinajstić information content (AvgIpc) is 2.47. The van der Waals surface area contributed by atoms with Crippen LogP contribution in [0.25, 0.3) is 0 Å². The zero-order chi connectivity index (χ0) is 15.6. The molecular formula is C12H15ClN2O5S. The molecule has 1 heterocycles. The molecule has 0 bridgehead atoms. The lowest BCUT2D eigenvalue weighted by atomic mass is 10.1. The molecule has 0 aliphatic carbocycles. The lowest BCUT2D eigenvalue weighted by Crippen LogP contribution is -2.42. The van der Waals surface area contributed by atoms with Gasteiger partial charge in [-0.1, -0.05) is 11.6 Å². The Morgan fingerprint density at radius 3 is 2.81 bits per heavy atom. The van der Waals surface area contributed by atoms with Crippen LogP contribution >= 0.6 is 11.6 Å². The van der Waals surface area contributed by atoms with E-state index in [9.17, 15) is 18.5 Å². The standard InChI is InChI=1S/C12H15ClN2O5S/c1-20-10-3-2-6-14(8-10)21(18,19)12-7-9(15(16)17)4-5-11(12)13/h4-5,7,10H,2-3,6,8H2,1H3. The number of sulfonamides is 1. The molecule has 9 heteroatoms. The topological polar surface area (TPSA) is 89.8 Å². The Morgan fingerprint density at radius 1 is 1.48 bits per heavy atom. The van der Waals surface area contributed by atoms with Crippen molar-refractivity contribution >= 4 is 27.3 Å². The van der Waals surface area contributed by atoms with Gasteiger partial charge in [-0.05, 0) is 18.9 Å². The van der Waals surface area contributed by atoms with Crippen LogP contribution in [0.1, 0.15) is 12.8 Å². The van der Waals surface area contributed by atoms with Gasteiger partial charge in [-0.2, -0.15) is 4.31 Å². The summed E-state index contributed by atoms with van der Waals surface area (Å²) in [4.78, 5) is 9.91. The van der Waals surface area contributed by atoms with Crippen LogP contribution in [0.5, 0.6) is 0 Å². The van der Waals surface area contributed by atoms with E-state index < -0.39 is 14.9 Å². The van der Waals surface area contributed by atoms with E-state index in [0.717, 1.165) is 12.5 Å². The Labute approximate surface area is 127 Å². The number of nitrogens with zero attached hydrogens (tertiary/aromatic N) is 2. The van der Waals surface area contributed by atoms with Crippen LogP contribution in [-0.4, -0.2) is 43.9 Å². The van der Waals surface area contributed by atoms with Gasteiger partial charge in [0.25, 0.3) is 5.69 Å².